The minimum absolute atomic E-state index is 0.129. The largest absolute Gasteiger partial charge is 0.370 e. The second-order valence-corrected chi connectivity index (χ2v) is 4.54. The van der Waals surface area contributed by atoms with Gasteiger partial charge in [0.2, 0.25) is 11.8 Å². The zero-order valence-corrected chi connectivity index (χ0v) is 10.1. The molecule has 92 valence electrons. The number of nitrogens with two attached hydrogens (primary N) is 1. The lowest BCUT2D eigenvalue weighted by atomic mass is 9.96. The van der Waals surface area contributed by atoms with Crippen LogP contribution in [0.3, 0.4) is 0 Å². The summed E-state index contributed by atoms with van der Waals surface area (Å²) in [6, 6.07) is 0. The molecule has 1 aliphatic heterocycles. The van der Waals surface area contributed by atoms with E-state index in [4.69, 9.17) is 5.73 Å². The molecule has 0 spiro atoms. The molecule has 1 atom stereocenters. The number of likely N-dealkylation sites (tertiary alicyclic amines) is 1. The van der Waals surface area contributed by atoms with E-state index in [0.717, 1.165) is 45.2 Å². The van der Waals surface area contributed by atoms with E-state index in [0.29, 0.717) is 0 Å². The summed E-state index contributed by atoms with van der Waals surface area (Å²) in [5.74, 6) is -0.422. The van der Waals surface area contributed by atoms with Crippen molar-refractivity contribution in [2.24, 2.45) is 11.7 Å². The molecule has 0 aliphatic carbocycles. The van der Waals surface area contributed by atoms with E-state index in [1.165, 1.54) is 0 Å². The third-order valence-electron chi connectivity index (χ3n) is 3.12. The lowest BCUT2D eigenvalue weighted by Crippen LogP contribution is -2.35. The smallest absolute Gasteiger partial charge is 0.226 e. The third-order valence-corrected chi connectivity index (χ3v) is 3.12. The second kappa shape index (κ2) is 6.51. The lowest BCUT2D eigenvalue weighted by Gasteiger charge is -2.22. The van der Waals surface area contributed by atoms with Gasteiger partial charge in [-0.05, 0) is 19.3 Å². The predicted octanol–water partition coefficient (Wildman–Crippen LogP) is 1.29. The number of hydrogen-bond acceptors (Lipinski definition) is 2. The third kappa shape index (κ3) is 3.83. The van der Waals surface area contributed by atoms with Crippen LogP contribution in [0, 0.1) is 5.92 Å². The Kier molecular flexibility index (Phi) is 5.29. The fraction of sp³-hybridized carbons (Fsp3) is 0.833. The zero-order chi connectivity index (χ0) is 12.0. The normalized spacial score (nSPS) is 17.4. The molecule has 0 aromatic carbocycles. The second-order valence-electron chi connectivity index (χ2n) is 4.54. The van der Waals surface area contributed by atoms with Crippen LogP contribution in [0.15, 0.2) is 0 Å². The van der Waals surface area contributed by atoms with Gasteiger partial charge in [0.25, 0.3) is 0 Å². The highest BCUT2D eigenvalue weighted by Gasteiger charge is 2.26. The molecule has 1 rings (SSSR count). The van der Waals surface area contributed by atoms with Crippen LogP contribution in [0.4, 0.5) is 0 Å². The van der Waals surface area contributed by atoms with Gasteiger partial charge in [-0.3, -0.25) is 9.59 Å². The van der Waals surface area contributed by atoms with Crippen molar-refractivity contribution in [2.75, 3.05) is 13.1 Å². The summed E-state index contributed by atoms with van der Waals surface area (Å²) in [6.45, 7) is 3.78. The summed E-state index contributed by atoms with van der Waals surface area (Å²) >= 11 is 0. The first-order chi connectivity index (χ1) is 7.65. The van der Waals surface area contributed by atoms with Gasteiger partial charge < -0.3 is 10.6 Å². The van der Waals surface area contributed by atoms with Crippen molar-refractivity contribution in [3.05, 3.63) is 0 Å². The van der Waals surface area contributed by atoms with Gasteiger partial charge in [0.1, 0.15) is 0 Å². The van der Waals surface area contributed by atoms with E-state index in [-0.39, 0.29) is 24.2 Å². The maximum absolute atomic E-state index is 12.1. The Morgan fingerprint density at radius 3 is 2.44 bits per heavy atom. The summed E-state index contributed by atoms with van der Waals surface area (Å²) in [5.41, 5.74) is 5.19. The van der Waals surface area contributed by atoms with Gasteiger partial charge in [0, 0.05) is 25.4 Å². The molecule has 1 saturated heterocycles. The first kappa shape index (κ1) is 13.0. The Morgan fingerprint density at radius 1 is 1.31 bits per heavy atom. The number of unbranched alkanes of at least 4 members (excludes halogenated alkanes) is 1. The number of nitrogens with zero attached hydrogens (tertiary/aromatic N) is 1. The van der Waals surface area contributed by atoms with Crippen LogP contribution in [-0.2, 0) is 9.59 Å². The van der Waals surface area contributed by atoms with Crippen LogP contribution in [0.5, 0.6) is 0 Å². The Morgan fingerprint density at radius 2 is 1.94 bits per heavy atom. The Bertz CT molecular complexity index is 247. The molecule has 2 amide bonds. The van der Waals surface area contributed by atoms with E-state index in [2.05, 4.69) is 6.92 Å². The highest BCUT2D eigenvalue weighted by molar-refractivity contribution is 5.85. The van der Waals surface area contributed by atoms with Crippen LogP contribution in [-0.4, -0.2) is 29.8 Å². The molecule has 2 N–H and O–H groups in total. The highest BCUT2D eigenvalue weighted by Crippen LogP contribution is 2.19. The summed E-state index contributed by atoms with van der Waals surface area (Å²) in [7, 11) is 0. The van der Waals surface area contributed by atoms with E-state index >= 15 is 0 Å². The molecule has 0 bridgehead atoms. The molecule has 0 aromatic heterocycles. The zero-order valence-electron chi connectivity index (χ0n) is 10.1. The standard InChI is InChI=1S/C12H22N2O2/c1-2-3-6-10(9-11(13)15)12(16)14-7-4-5-8-14/h10H,2-9H2,1H3,(H2,13,15). The highest BCUT2D eigenvalue weighted by atomic mass is 16.2. The Labute approximate surface area is 97.2 Å². The molecule has 1 aliphatic rings. The van der Waals surface area contributed by atoms with Crippen molar-refractivity contribution in [3.8, 4) is 0 Å². The van der Waals surface area contributed by atoms with Crippen molar-refractivity contribution < 1.29 is 9.59 Å². The molecule has 4 nitrogen and oxygen atoms in total. The van der Waals surface area contributed by atoms with E-state index < -0.39 is 0 Å². The topological polar surface area (TPSA) is 63.4 Å². The van der Waals surface area contributed by atoms with E-state index in [1.807, 2.05) is 4.90 Å². The molecule has 0 radical (unpaired) electrons. The van der Waals surface area contributed by atoms with Crippen LogP contribution in [0.25, 0.3) is 0 Å². The van der Waals surface area contributed by atoms with Crippen molar-refractivity contribution in [3.63, 3.8) is 0 Å². The molecule has 1 fully saturated rings. The van der Waals surface area contributed by atoms with Crippen molar-refractivity contribution in [1.29, 1.82) is 0 Å². The van der Waals surface area contributed by atoms with Gasteiger partial charge >= 0.3 is 0 Å². The summed E-state index contributed by atoms with van der Waals surface area (Å²) in [5, 5.41) is 0. The average molecular weight is 226 g/mol. The van der Waals surface area contributed by atoms with Crippen LogP contribution < -0.4 is 5.73 Å². The van der Waals surface area contributed by atoms with Gasteiger partial charge in [-0.1, -0.05) is 19.8 Å². The Balaban J connectivity index is 2.51. The summed E-state index contributed by atoms with van der Waals surface area (Å²) in [6.07, 6.45) is 5.19. The van der Waals surface area contributed by atoms with Gasteiger partial charge in [0.15, 0.2) is 0 Å². The van der Waals surface area contributed by atoms with Gasteiger partial charge in [-0.15, -0.1) is 0 Å². The van der Waals surface area contributed by atoms with Gasteiger partial charge in [-0.25, -0.2) is 0 Å². The SMILES string of the molecule is CCCCC(CC(N)=O)C(=O)N1CCCC1. The molecule has 0 aromatic rings. The lowest BCUT2D eigenvalue weighted by molar-refractivity contribution is -0.137. The number of carbonyl (C=O) groups excluding carboxylic acids is 2. The Hall–Kier alpha value is -1.06. The van der Waals surface area contributed by atoms with E-state index in [1.54, 1.807) is 0 Å². The predicted molar refractivity (Wildman–Crippen MR) is 62.6 cm³/mol. The van der Waals surface area contributed by atoms with Crippen LogP contribution in [0.2, 0.25) is 0 Å². The first-order valence-corrected chi connectivity index (χ1v) is 6.22. The first-order valence-electron chi connectivity index (χ1n) is 6.22. The molecular formula is C12H22N2O2. The van der Waals surface area contributed by atoms with Crippen molar-refractivity contribution in [2.45, 2.75) is 45.4 Å². The molecule has 16 heavy (non-hydrogen) atoms. The fourth-order valence-corrected chi connectivity index (χ4v) is 2.20. The fourth-order valence-electron chi connectivity index (χ4n) is 2.20. The van der Waals surface area contributed by atoms with E-state index in [9.17, 15) is 9.59 Å². The maximum Gasteiger partial charge on any atom is 0.226 e. The number of amides is 2. The molecule has 4 heteroatoms. The number of hydrogen-bond donors (Lipinski definition) is 1. The summed E-state index contributed by atoms with van der Waals surface area (Å²) < 4.78 is 0. The molecule has 1 unspecified atom stereocenters. The van der Waals surface area contributed by atoms with Gasteiger partial charge in [-0.2, -0.15) is 0 Å². The number of rotatable bonds is 6. The maximum atomic E-state index is 12.1. The minimum Gasteiger partial charge on any atom is -0.370 e. The quantitative estimate of drug-likeness (QED) is 0.741. The van der Waals surface area contributed by atoms with Gasteiger partial charge in [0.05, 0.1) is 0 Å². The molecule has 0 saturated carbocycles. The molecular weight excluding hydrogens is 204 g/mol. The number of primary amides is 1. The molecule has 1 heterocycles. The van der Waals surface area contributed by atoms with Crippen molar-refractivity contribution >= 4 is 11.8 Å². The average Bonchev–Trinajstić information content (AvgIpc) is 2.76. The summed E-state index contributed by atoms with van der Waals surface area (Å²) in [4.78, 5) is 24.9. The monoisotopic (exact) mass is 226 g/mol. The van der Waals surface area contributed by atoms with Crippen molar-refractivity contribution in [1.82, 2.24) is 4.90 Å². The number of carbonyl (C=O) groups is 2. The minimum atomic E-state index is -0.367. The van der Waals surface area contributed by atoms with Crippen LogP contribution >= 0.6 is 0 Å². The van der Waals surface area contributed by atoms with Crippen LogP contribution in [0.1, 0.15) is 45.4 Å².